The second kappa shape index (κ2) is 9.50. The molecule has 0 atom stereocenters. The van der Waals surface area contributed by atoms with E-state index in [1.807, 2.05) is 31.4 Å². The number of benzene rings is 2. The van der Waals surface area contributed by atoms with Crippen LogP contribution < -0.4 is 26.2 Å². The van der Waals surface area contributed by atoms with E-state index in [9.17, 15) is 4.79 Å². The second-order valence-electron chi connectivity index (χ2n) is 7.06. The number of rotatable bonds is 7. The SMILES string of the molecule is CCc1cc(-c2ccn(C)n2)ccc1OCc1c(OC)cccc1N(N)C(=O)N(C)N. The average molecular weight is 425 g/mol. The van der Waals surface area contributed by atoms with Crippen LogP contribution in [0.1, 0.15) is 18.1 Å². The fourth-order valence-corrected chi connectivity index (χ4v) is 3.26. The van der Waals surface area contributed by atoms with Crippen molar-refractivity contribution in [3.05, 3.63) is 59.8 Å². The zero-order valence-electron chi connectivity index (χ0n) is 18.2. The van der Waals surface area contributed by atoms with E-state index in [0.29, 0.717) is 17.0 Å². The Kier molecular flexibility index (Phi) is 6.78. The summed E-state index contributed by atoms with van der Waals surface area (Å²) in [6, 6.07) is 12.6. The van der Waals surface area contributed by atoms with E-state index >= 15 is 0 Å². The van der Waals surface area contributed by atoms with Gasteiger partial charge in [0.2, 0.25) is 0 Å². The topological polar surface area (TPSA) is 112 Å². The lowest BCUT2D eigenvalue weighted by atomic mass is 10.1. The number of aryl methyl sites for hydroxylation is 2. The van der Waals surface area contributed by atoms with Crippen LogP contribution >= 0.6 is 0 Å². The Balaban J connectivity index is 1.89. The molecule has 1 heterocycles. The molecular weight excluding hydrogens is 396 g/mol. The van der Waals surface area contributed by atoms with Crippen molar-refractivity contribution in [1.29, 1.82) is 0 Å². The first kappa shape index (κ1) is 22.1. The molecule has 2 aromatic carbocycles. The van der Waals surface area contributed by atoms with Gasteiger partial charge in [-0.25, -0.2) is 21.5 Å². The number of carbonyl (C=O) groups excluding carboxylic acids is 1. The van der Waals surface area contributed by atoms with Crippen molar-refractivity contribution >= 4 is 11.7 Å². The predicted octanol–water partition coefficient (Wildman–Crippen LogP) is 2.84. The highest BCUT2D eigenvalue weighted by molar-refractivity contribution is 5.91. The fraction of sp³-hybridized carbons (Fsp3) is 0.273. The second-order valence-corrected chi connectivity index (χ2v) is 7.06. The first-order valence-electron chi connectivity index (χ1n) is 9.84. The number of amides is 2. The maximum atomic E-state index is 12.3. The van der Waals surface area contributed by atoms with Crippen molar-refractivity contribution in [2.75, 3.05) is 19.2 Å². The van der Waals surface area contributed by atoms with Gasteiger partial charge in [0, 0.05) is 25.9 Å². The summed E-state index contributed by atoms with van der Waals surface area (Å²) >= 11 is 0. The normalized spacial score (nSPS) is 10.6. The quantitative estimate of drug-likeness (QED) is 0.343. The Bertz CT molecular complexity index is 1060. The third kappa shape index (κ3) is 4.79. The number of hydrazine groups is 2. The molecule has 9 nitrogen and oxygen atoms in total. The van der Waals surface area contributed by atoms with Crippen molar-refractivity contribution in [2.45, 2.75) is 20.0 Å². The standard InChI is InChI=1S/C22H28N6O3/c1-5-15-13-16(18-11-12-26(2)25-18)9-10-20(15)31-14-17-19(7-6-8-21(17)30-4)28(24)22(29)27(3)23/h6-13H,5,14,23-24H2,1-4H3. The number of carbonyl (C=O) groups is 1. The summed E-state index contributed by atoms with van der Waals surface area (Å²) in [5.74, 6) is 12.9. The molecule has 0 aliphatic carbocycles. The molecule has 2 amide bonds. The highest BCUT2D eigenvalue weighted by atomic mass is 16.5. The Labute approximate surface area is 181 Å². The van der Waals surface area contributed by atoms with Gasteiger partial charge >= 0.3 is 6.03 Å². The Morgan fingerprint density at radius 3 is 2.55 bits per heavy atom. The maximum absolute atomic E-state index is 12.3. The highest BCUT2D eigenvalue weighted by Crippen LogP contribution is 2.32. The summed E-state index contributed by atoms with van der Waals surface area (Å²) in [5.41, 5.74) is 4.05. The minimum atomic E-state index is -0.566. The molecule has 3 aromatic rings. The number of methoxy groups -OCH3 is 1. The lowest BCUT2D eigenvalue weighted by Crippen LogP contribution is -2.49. The van der Waals surface area contributed by atoms with Crippen LogP contribution in [0.5, 0.6) is 11.5 Å². The smallest absolute Gasteiger partial charge is 0.352 e. The zero-order chi connectivity index (χ0) is 22.5. The van der Waals surface area contributed by atoms with Crippen LogP contribution in [0.3, 0.4) is 0 Å². The average Bonchev–Trinajstić information content (AvgIpc) is 3.22. The van der Waals surface area contributed by atoms with Crippen molar-refractivity contribution in [3.63, 3.8) is 0 Å². The van der Waals surface area contributed by atoms with Gasteiger partial charge in [0.1, 0.15) is 18.1 Å². The lowest BCUT2D eigenvalue weighted by Gasteiger charge is -2.24. The molecule has 164 valence electrons. The Hall–Kier alpha value is -3.56. The van der Waals surface area contributed by atoms with Gasteiger partial charge in [0.05, 0.1) is 24.1 Å². The van der Waals surface area contributed by atoms with Crippen LogP contribution in [0.25, 0.3) is 11.3 Å². The van der Waals surface area contributed by atoms with E-state index in [2.05, 4.69) is 18.1 Å². The van der Waals surface area contributed by atoms with E-state index in [1.165, 1.54) is 7.05 Å². The molecule has 0 aliphatic rings. The molecule has 4 N–H and O–H groups in total. The van der Waals surface area contributed by atoms with Crippen LogP contribution in [0.2, 0.25) is 0 Å². The van der Waals surface area contributed by atoms with Gasteiger partial charge in [-0.2, -0.15) is 5.10 Å². The number of ether oxygens (including phenoxy) is 2. The predicted molar refractivity (Wildman–Crippen MR) is 119 cm³/mol. The van der Waals surface area contributed by atoms with Crippen molar-refractivity contribution in [1.82, 2.24) is 14.8 Å². The van der Waals surface area contributed by atoms with E-state index in [0.717, 1.165) is 39.0 Å². The Morgan fingerprint density at radius 2 is 1.94 bits per heavy atom. The summed E-state index contributed by atoms with van der Waals surface area (Å²) < 4.78 is 13.4. The van der Waals surface area contributed by atoms with Crippen LogP contribution in [-0.4, -0.2) is 35.0 Å². The minimum Gasteiger partial charge on any atom is -0.496 e. The molecule has 3 rings (SSSR count). The van der Waals surface area contributed by atoms with Gasteiger partial charge in [-0.05, 0) is 48.4 Å². The van der Waals surface area contributed by atoms with Crippen molar-refractivity contribution < 1.29 is 14.3 Å². The number of hydrogen-bond acceptors (Lipinski definition) is 6. The zero-order valence-corrected chi connectivity index (χ0v) is 18.2. The third-order valence-electron chi connectivity index (χ3n) is 4.92. The summed E-state index contributed by atoms with van der Waals surface area (Å²) in [6.45, 7) is 2.22. The fourth-order valence-electron chi connectivity index (χ4n) is 3.26. The van der Waals surface area contributed by atoms with Gasteiger partial charge in [-0.15, -0.1) is 0 Å². The molecule has 0 bridgehead atoms. The Morgan fingerprint density at radius 1 is 1.16 bits per heavy atom. The minimum absolute atomic E-state index is 0.157. The van der Waals surface area contributed by atoms with Crippen LogP contribution in [0, 0.1) is 0 Å². The maximum Gasteiger partial charge on any atom is 0.352 e. The third-order valence-corrected chi connectivity index (χ3v) is 4.92. The molecule has 1 aromatic heterocycles. The molecule has 0 saturated carbocycles. The molecule has 0 spiro atoms. The molecule has 0 saturated heterocycles. The first-order valence-corrected chi connectivity index (χ1v) is 9.84. The van der Waals surface area contributed by atoms with E-state index in [-0.39, 0.29) is 6.61 Å². The van der Waals surface area contributed by atoms with Gasteiger partial charge in [0.15, 0.2) is 0 Å². The first-order chi connectivity index (χ1) is 14.8. The number of urea groups is 1. The van der Waals surface area contributed by atoms with Crippen LogP contribution in [0.4, 0.5) is 10.5 Å². The van der Waals surface area contributed by atoms with E-state index < -0.39 is 6.03 Å². The van der Waals surface area contributed by atoms with Crippen LogP contribution in [0.15, 0.2) is 48.7 Å². The number of nitrogens with zero attached hydrogens (tertiary/aromatic N) is 4. The number of hydrogen-bond donors (Lipinski definition) is 2. The number of nitrogens with two attached hydrogens (primary N) is 2. The molecule has 31 heavy (non-hydrogen) atoms. The molecule has 0 aliphatic heterocycles. The van der Waals surface area contributed by atoms with Gasteiger partial charge < -0.3 is 9.47 Å². The lowest BCUT2D eigenvalue weighted by molar-refractivity contribution is 0.216. The van der Waals surface area contributed by atoms with Crippen molar-refractivity contribution in [3.8, 4) is 22.8 Å². The van der Waals surface area contributed by atoms with Crippen molar-refractivity contribution in [2.24, 2.45) is 18.7 Å². The monoisotopic (exact) mass is 424 g/mol. The largest absolute Gasteiger partial charge is 0.496 e. The van der Waals surface area contributed by atoms with Gasteiger partial charge in [-0.1, -0.05) is 13.0 Å². The highest BCUT2D eigenvalue weighted by Gasteiger charge is 2.21. The number of aromatic nitrogens is 2. The van der Waals surface area contributed by atoms with E-state index in [4.69, 9.17) is 21.2 Å². The molecule has 9 heteroatoms. The summed E-state index contributed by atoms with van der Waals surface area (Å²) in [4.78, 5) is 12.3. The van der Waals surface area contributed by atoms with Gasteiger partial charge in [-0.3, -0.25) is 9.69 Å². The molecule has 0 fully saturated rings. The molecule has 0 unspecified atom stereocenters. The molecule has 0 radical (unpaired) electrons. The summed E-state index contributed by atoms with van der Waals surface area (Å²) in [5, 5.41) is 6.35. The van der Waals surface area contributed by atoms with E-state index in [1.54, 1.807) is 30.0 Å². The summed E-state index contributed by atoms with van der Waals surface area (Å²) in [6.07, 6.45) is 2.70. The number of anilines is 1. The summed E-state index contributed by atoms with van der Waals surface area (Å²) in [7, 11) is 4.87. The van der Waals surface area contributed by atoms with Crippen LogP contribution in [-0.2, 0) is 20.1 Å². The molecular formula is C22H28N6O3. The van der Waals surface area contributed by atoms with Gasteiger partial charge in [0.25, 0.3) is 0 Å².